The van der Waals surface area contributed by atoms with Gasteiger partial charge in [-0.15, -0.1) is 0 Å². The number of hydrogen-bond acceptors (Lipinski definition) is 5. The lowest BCUT2D eigenvalue weighted by molar-refractivity contribution is 0.0303. The molecule has 0 unspecified atom stereocenters. The third-order valence-corrected chi connectivity index (χ3v) is 5.63. The highest BCUT2D eigenvalue weighted by atomic mass is 16.5. The summed E-state index contributed by atoms with van der Waals surface area (Å²) in [5.74, 6) is 0.209. The number of H-pyrrole nitrogens is 1. The van der Waals surface area contributed by atoms with Gasteiger partial charge in [-0.2, -0.15) is 0 Å². The number of hydrogen-bond donors (Lipinski definition) is 2. The average molecular weight is 429 g/mol. The summed E-state index contributed by atoms with van der Waals surface area (Å²) < 4.78 is 6.83. The first-order chi connectivity index (χ1) is 15.6. The van der Waals surface area contributed by atoms with Crippen molar-refractivity contribution < 1.29 is 9.53 Å². The first-order valence-electron chi connectivity index (χ1n) is 10.5. The van der Waals surface area contributed by atoms with E-state index in [1.165, 1.54) is 4.57 Å². The van der Waals surface area contributed by atoms with Crippen LogP contribution in [0.4, 0.5) is 11.5 Å². The predicted octanol–water partition coefficient (Wildman–Crippen LogP) is 3.14. The summed E-state index contributed by atoms with van der Waals surface area (Å²) in [5, 5.41) is 4.15. The normalized spacial score (nSPS) is 14.0. The first-order valence-corrected chi connectivity index (χ1v) is 10.5. The topological polar surface area (TPSA) is 92.2 Å². The molecule has 0 atom stereocenters. The lowest BCUT2D eigenvalue weighted by atomic mass is 10.1. The molecule has 1 aliphatic heterocycles. The molecule has 8 nitrogen and oxygen atoms in total. The molecule has 2 aromatic carbocycles. The van der Waals surface area contributed by atoms with Crippen molar-refractivity contribution in [3.05, 3.63) is 76.8 Å². The molecule has 5 rings (SSSR count). The maximum atomic E-state index is 12.7. The number of nitrogens with zero attached hydrogens (tertiary/aromatic N) is 3. The fourth-order valence-corrected chi connectivity index (χ4v) is 3.91. The molecule has 1 amide bonds. The van der Waals surface area contributed by atoms with Crippen LogP contribution in [0.5, 0.6) is 0 Å². The quantitative estimate of drug-likeness (QED) is 0.520. The zero-order valence-electron chi connectivity index (χ0n) is 17.7. The Balaban J connectivity index is 1.42. The van der Waals surface area contributed by atoms with Crippen LogP contribution in [0.3, 0.4) is 0 Å². The number of amides is 1. The molecular formula is C24H23N5O3. The van der Waals surface area contributed by atoms with E-state index in [0.717, 1.165) is 16.5 Å². The van der Waals surface area contributed by atoms with Crippen molar-refractivity contribution in [3.63, 3.8) is 0 Å². The molecular weight excluding hydrogens is 406 g/mol. The van der Waals surface area contributed by atoms with Gasteiger partial charge in [0, 0.05) is 60.2 Å². The van der Waals surface area contributed by atoms with Gasteiger partial charge in [-0.3, -0.25) is 9.59 Å². The van der Waals surface area contributed by atoms with E-state index in [1.807, 2.05) is 30.5 Å². The fourth-order valence-electron chi connectivity index (χ4n) is 3.91. The second-order valence-corrected chi connectivity index (χ2v) is 7.74. The number of rotatable bonds is 4. The Bertz CT molecular complexity index is 1330. The van der Waals surface area contributed by atoms with E-state index in [4.69, 9.17) is 4.74 Å². The average Bonchev–Trinajstić information content (AvgIpc) is 3.31. The highest BCUT2D eigenvalue weighted by molar-refractivity contribution is 5.95. The van der Waals surface area contributed by atoms with Crippen LogP contribution < -0.4 is 10.9 Å². The molecule has 1 fully saturated rings. The zero-order chi connectivity index (χ0) is 22.1. The molecule has 162 valence electrons. The first kappa shape index (κ1) is 20.0. The molecule has 1 saturated heterocycles. The monoisotopic (exact) mass is 429 g/mol. The molecule has 0 aliphatic carbocycles. The number of benzene rings is 2. The standard InChI is InChI=1S/C24H23N5O3/c1-28-15-21(18-3-2-4-20-19(18)9-10-25-20)27-22(24(28)31)26-17-7-5-16(6-8-17)23(30)29-11-13-32-14-12-29/h2-10,15,25H,11-14H2,1H3,(H,26,27). The Labute approximate surface area is 184 Å². The second kappa shape index (κ2) is 8.32. The molecule has 32 heavy (non-hydrogen) atoms. The Morgan fingerprint density at radius 1 is 1.09 bits per heavy atom. The van der Waals surface area contributed by atoms with Gasteiger partial charge in [-0.25, -0.2) is 4.98 Å². The van der Waals surface area contributed by atoms with Gasteiger partial charge in [0.2, 0.25) is 0 Å². The Kier molecular flexibility index (Phi) is 5.20. The van der Waals surface area contributed by atoms with Crippen LogP contribution >= 0.6 is 0 Å². The van der Waals surface area contributed by atoms with Crippen LogP contribution in [0.15, 0.2) is 65.7 Å². The van der Waals surface area contributed by atoms with Crippen molar-refractivity contribution >= 4 is 28.3 Å². The summed E-state index contributed by atoms with van der Waals surface area (Å²) >= 11 is 0. The summed E-state index contributed by atoms with van der Waals surface area (Å²) in [6.07, 6.45) is 3.62. The van der Waals surface area contributed by atoms with Gasteiger partial charge in [-0.05, 0) is 36.4 Å². The lowest BCUT2D eigenvalue weighted by Crippen LogP contribution is -2.40. The minimum atomic E-state index is -0.233. The Morgan fingerprint density at radius 2 is 1.88 bits per heavy atom. The highest BCUT2D eigenvalue weighted by Gasteiger charge is 2.18. The van der Waals surface area contributed by atoms with Gasteiger partial charge in [0.25, 0.3) is 11.5 Å². The maximum Gasteiger partial charge on any atom is 0.293 e. The van der Waals surface area contributed by atoms with Crippen molar-refractivity contribution in [1.82, 2.24) is 19.4 Å². The van der Waals surface area contributed by atoms with Crippen LogP contribution in [-0.2, 0) is 11.8 Å². The number of anilines is 2. The number of aromatic amines is 1. The van der Waals surface area contributed by atoms with Crippen molar-refractivity contribution in [3.8, 4) is 11.3 Å². The van der Waals surface area contributed by atoms with Gasteiger partial charge < -0.3 is 24.5 Å². The van der Waals surface area contributed by atoms with Crippen molar-refractivity contribution in [2.24, 2.45) is 7.05 Å². The highest BCUT2D eigenvalue weighted by Crippen LogP contribution is 2.27. The molecule has 8 heteroatoms. The summed E-state index contributed by atoms with van der Waals surface area (Å²) in [7, 11) is 1.71. The molecule has 2 N–H and O–H groups in total. The molecule has 0 radical (unpaired) electrons. The molecule has 4 aromatic rings. The number of nitrogens with one attached hydrogen (secondary N) is 2. The molecule has 0 bridgehead atoms. The van der Waals surface area contributed by atoms with Crippen LogP contribution in [0, 0.1) is 0 Å². The predicted molar refractivity (Wildman–Crippen MR) is 123 cm³/mol. The van der Waals surface area contributed by atoms with Gasteiger partial charge in [0.15, 0.2) is 5.82 Å². The number of aromatic nitrogens is 3. The Morgan fingerprint density at radius 3 is 2.66 bits per heavy atom. The van der Waals surface area contributed by atoms with Gasteiger partial charge in [-0.1, -0.05) is 12.1 Å². The second-order valence-electron chi connectivity index (χ2n) is 7.74. The third kappa shape index (κ3) is 3.76. The maximum absolute atomic E-state index is 12.7. The number of carbonyl (C=O) groups excluding carboxylic acids is 1. The fraction of sp³-hybridized carbons (Fsp3) is 0.208. The largest absolute Gasteiger partial charge is 0.378 e. The molecule has 1 aliphatic rings. The molecule has 0 spiro atoms. The van der Waals surface area contributed by atoms with Crippen molar-refractivity contribution in [2.45, 2.75) is 0 Å². The smallest absolute Gasteiger partial charge is 0.293 e. The van der Waals surface area contributed by atoms with E-state index >= 15 is 0 Å². The summed E-state index contributed by atoms with van der Waals surface area (Å²) in [5.41, 5.74) is 3.70. The molecule has 2 aromatic heterocycles. The minimum absolute atomic E-state index is 0.0181. The summed E-state index contributed by atoms with van der Waals surface area (Å²) in [6.45, 7) is 2.32. The van der Waals surface area contributed by atoms with Crippen LogP contribution in [0.2, 0.25) is 0 Å². The number of carbonyl (C=O) groups is 1. The van der Waals surface area contributed by atoms with Crippen LogP contribution in [0.25, 0.3) is 22.2 Å². The van der Waals surface area contributed by atoms with E-state index in [1.54, 1.807) is 42.4 Å². The SMILES string of the molecule is Cn1cc(-c2cccc3[nH]ccc23)nc(Nc2ccc(C(=O)N3CCOCC3)cc2)c1=O. The van der Waals surface area contributed by atoms with Crippen molar-refractivity contribution in [2.75, 3.05) is 31.6 Å². The lowest BCUT2D eigenvalue weighted by Gasteiger charge is -2.26. The third-order valence-electron chi connectivity index (χ3n) is 5.63. The Hall–Kier alpha value is -3.91. The van der Waals surface area contributed by atoms with Gasteiger partial charge in [0.1, 0.15) is 0 Å². The van der Waals surface area contributed by atoms with E-state index in [0.29, 0.717) is 43.2 Å². The number of ether oxygens (including phenoxy) is 1. The number of fused-ring (bicyclic) bond motifs is 1. The van der Waals surface area contributed by atoms with Crippen molar-refractivity contribution in [1.29, 1.82) is 0 Å². The van der Waals surface area contributed by atoms with E-state index in [9.17, 15) is 9.59 Å². The minimum Gasteiger partial charge on any atom is -0.378 e. The summed E-state index contributed by atoms with van der Waals surface area (Å²) in [6, 6.07) is 15.0. The van der Waals surface area contributed by atoms with Gasteiger partial charge in [0.05, 0.1) is 18.9 Å². The van der Waals surface area contributed by atoms with Crippen LogP contribution in [-0.4, -0.2) is 51.6 Å². The van der Waals surface area contributed by atoms with E-state index < -0.39 is 0 Å². The zero-order valence-corrected chi connectivity index (χ0v) is 17.7. The van der Waals surface area contributed by atoms with E-state index in [-0.39, 0.29) is 17.3 Å². The van der Waals surface area contributed by atoms with Gasteiger partial charge >= 0.3 is 0 Å². The number of morpholine rings is 1. The van der Waals surface area contributed by atoms with E-state index in [2.05, 4.69) is 15.3 Å². The number of aryl methyl sites for hydroxylation is 1. The van der Waals surface area contributed by atoms with Crippen LogP contribution in [0.1, 0.15) is 10.4 Å². The molecule has 0 saturated carbocycles. The summed E-state index contributed by atoms with van der Waals surface area (Å²) in [4.78, 5) is 34.9. The molecule has 3 heterocycles.